The zero-order chi connectivity index (χ0) is 17.8. The van der Waals surface area contributed by atoms with Crippen LogP contribution in [0.2, 0.25) is 0 Å². The summed E-state index contributed by atoms with van der Waals surface area (Å²) in [5, 5.41) is 0. The molecule has 25 heavy (non-hydrogen) atoms. The van der Waals surface area contributed by atoms with Crippen molar-refractivity contribution in [3.05, 3.63) is 54.1 Å². The molecule has 1 fully saturated rings. The lowest BCUT2D eigenvalue weighted by Crippen LogP contribution is -2.27. The van der Waals surface area contributed by atoms with E-state index >= 15 is 0 Å². The molecule has 0 N–H and O–H groups in total. The fourth-order valence-electron chi connectivity index (χ4n) is 2.74. The lowest BCUT2D eigenvalue weighted by molar-refractivity contribution is -0.139. The molecule has 6 heteroatoms. The maximum absolute atomic E-state index is 12.4. The first kappa shape index (κ1) is 16.7. The molecule has 1 aliphatic rings. The first-order valence-electron chi connectivity index (χ1n) is 7.82. The SMILES string of the molecule is COc1ccc(N2C[C@@H](C(=O)Oc3ccccc3C=O)CC2=O)cc1. The van der Waals surface area contributed by atoms with Crippen LogP contribution in [0.1, 0.15) is 16.8 Å². The van der Waals surface area contributed by atoms with Crippen molar-refractivity contribution in [2.24, 2.45) is 5.92 Å². The fourth-order valence-corrected chi connectivity index (χ4v) is 2.74. The molecule has 0 saturated carbocycles. The Labute approximate surface area is 145 Å². The van der Waals surface area contributed by atoms with Gasteiger partial charge in [-0.25, -0.2) is 0 Å². The van der Waals surface area contributed by atoms with Gasteiger partial charge in [0.15, 0.2) is 6.29 Å². The third-order valence-electron chi connectivity index (χ3n) is 4.10. The van der Waals surface area contributed by atoms with Crippen LogP contribution < -0.4 is 14.4 Å². The first-order chi connectivity index (χ1) is 12.1. The summed E-state index contributed by atoms with van der Waals surface area (Å²) in [5.74, 6) is -0.335. The largest absolute Gasteiger partial charge is 0.497 e. The Bertz CT molecular complexity index is 800. The summed E-state index contributed by atoms with van der Waals surface area (Å²) in [6.07, 6.45) is 0.709. The van der Waals surface area contributed by atoms with Gasteiger partial charge in [-0.15, -0.1) is 0 Å². The number of nitrogens with zero attached hydrogens (tertiary/aromatic N) is 1. The Morgan fingerprint density at radius 1 is 1.16 bits per heavy atom. The number of rotatable bonds is 5. The summed E-state index contributed by atoms with van der Waals surface area (Å²) < 4.78 is 10.4. The number of esters is 1. The van der Waals surface area contributed by atoms with Crippen LogP contribution >= 0.6 is 0 Å². The summed E-state index contributed by atoms with van der Waals surface area (Å²) in [6, 6.07) is 13.5. The van der Waals surface area contributed by atoms with Crippen molar-refractivity contribution < 1.29 is 23.9 Å². The van der Waals surface area contributed by atoms with Gasteiger partial charge in [-0.2, -0.15) is 0 Å². The third-order valence-corrected chi connectivity index (χ3v) is 4.10. The standard InChI is InChI=1S/C19H17NO5/c1-24-16-8-6-15(7-9-16)20-11-14(10-18(20)22)19(23)25-17-5-3-2-4-13(17)12-21/h2-9,12,14H,10-11H2,1H3/t14-/m0/s1. The first-order valence-corrected chi connectivity index (χ1v) is 7.82. The van der Waals surface area contributed by atoms with Crippen molar-refractivity contribution in [3.8, 4) is 11.5 Å². The van der Waals surface area contributed by atoms with Gasteiger partial charge in [0, 0.05) is 18.7 Å². The summed E-state index contributed by atoms with van der Waals surface area (Å²) in [4.78, 5) is 37.2. The molecule has 6 nitrogen and oxygen atoms in total. The molecule has 1 atom stereocenters. The van der Waals surface area contributed by atoms with Gasteiger partial charge in [0.25, 0.3) is 0 Å². The normalized spacial score (nSPS) is 16.6. The predicted molar refractivity (Wildman–Crippen MR) is 90.9 cm³/mol. The Kier molecular flexibility index (Phi) is 4.79. The number of anilines is 1. The van der Waals surface area contributed by atoms with Crippen LogP contribution in [0.15, 0.2) is 48.5 Å². The maximum Gasteiger partial charge on any atom is 0.316 e. The third kappa shape index (κ3) is 3.52. The van der Waals surface area contributed by atoms with E-state index in [0.717, 1.165) is 0 Å². The molecule has 128 valence electrons. The van der Waals surface area contributed by atoms with Crippen LogP contribution in [0.5, 0.6) is 11.5 Å². The quantitative estimate of drug-likeness (QED) is 0.475. The summed E-state index contributed by atoms with van der Waals surface area (Å²) in [7, 11) is 1.57. The fraction of sp³-hybridized carbons (Fsp3) is 0.211. The van der Waals surface area contributed by atoms with Crippen molar-refractivity contribution in [2.75, 3.05) is 18.6 Å². The minimum Gasteiger partial charge on any atom is -0.497 e. The summed E-state index contributed by atoms with van der Waals surface area (Å²) in [6.45, 7) is 0.243. The maximum atomic E-state index is 12.4. The van der Waals surface area contributed by atoms with E-state index in [0.29, 0.717) is 23.3 Å². The van der Waals surface area contributed by atoms with Gasteiger partial charge < -0.3 is 14.4 Å². The number of ether oxygens (including phenoxy) is 2. The lowest BCUT2D eigenvalue weighted by Gasteiger charge is -2.17. The number of amides is 1. The number of aldehydes is 1. The smallest absolute Gasteiger partial charge is 0.316 e. The van der Waals surface area contributed by atoms with E-state index in [1.165, 1.54) is 0 Å². The molecule has 0 radical (unpaired) electrons. The van der Waals surface area contributed by atoms with Gasteiger partial charge in [0.05, 0.1) is 18.6 Å². The molecular formula is C19H17NO5. The number of hydrogen-bond acceptors (Lipinski definition) is 5. The molecule has 0 spiro atoms. The zero-order valence-corrected chi connectivity index (χ0v) is 13.7. The van der Waals surface area contributed by atoms with Crippen LogP contribution in [0.3, 0.4) is 0 Å². The number of carbonyl (C=O) groups is 3. The molecule has 2 aromatic rings. The second kappa shape index (κ2) is 7.17. The molecule has 1 heterocycles. The summed E-state index contributed by atoms with van der Waals surface area (Å²) in [5.41, 5.74) is 1.00. The van der Waals surface area contributed by atoms with Crippen molar-refractivity contribution >= 4 is 23.9 Å². The Balaban J connectivity index is 1.71. The van der Waals surface area contributed by atoms with Crippen LogP contribution in [-0.4, -0.2) is 31.8 Å². The zero-order valence-electron chi connectivity index (χ0n) is 13.7. The number of para-hydroxylation sites is 1. The molecule has 2 aromatic carbocycles. The Morgan fingerprint density at radius 3 is 2.56 bits per heavy atom. The highest BCUT2D eigenvalue weighted by molar-refractivity contribution is 5.99. The number of carbonyl (C=O) groups excluding carboxylic acids is 3. The molecule has 1 saturated heterocycles. The van der Waals surface area contributed by atoms with E-state index in [-0.39, 0.29) is 24.6 Å². The Hall–Kier alpha value is -3.15. The molecule has 0 unspecified atom stereocenters. The molecule has 1 aliphatic heterocycles. The van der Waals surface area contributed by atoms with Gasteiger partial charge in [-0.1, -0.05) is 12.1 Å². The van der Waals surface area contributed by atoms with E-state index in [1.54, 1.807) is 60.5 Å². The molecular weight excluding hydrogens is 322 g/mol. The van der Waals surface area contributed by atoms with Crippen molar-refractivity contribution in [3.63, 3.8) is 0 Å². The predicted octanol–water partition coefficient (Wildman–Crippen LogP) is 2.47. The van der Waals surface area contributed by atoms with Crippen LogP contribution in [0.4, 0.5) is 5.69 Å². The van der Waals surface area contributed by atoms with Crippen LogP contribution in [0.25, 0.3) is 0 Å². The number of hydrogen-bond donors (Lipinski definition) is 0. The van der Waals surface area contributed by atoms with E-state index in [2.05, 4.69) is 0 Å². The van der Waals surface area contributed by atoms with E-state index in [4.69, 9.17) is 9.47 Å². The van der Waals surface area contributed by atoms with Gasteiger partial charge >= 0.3 is 5.97 Å². The van der Waals surface area contributed by atoms with Crippen molar-refractivity contribution in [1.82, 2.24) is 0 Å². The van der Waals surface area contributed by atoms with Crippen LogP contribution in [0, 0.1) is 5.92 Å². The van der Waals surface area contributed by atoms with Gasteiger partial charge in [-0.05, 0) is 36.4 Å². The molecule has 0 aromatic heterocycles. The van der Waals surface area contributed by atoms with Gasteiger partial charge in [-0.3, -0.25) is 14.4 Å². The van der Waals surface area contributed by atoms with E-state index < -0.39 is 11.9 Å². The lowest BCUT2D eigenvalue weighted by atomic mass is 10.1. The second-order valence-electron chi connectivity index (χ2n) is 5.68. The Morgan fingerprint density at radius 2 is 1.88 bits per heavy atom. The highest BCUT2D eigenvalue weighted by Gasteiger charge is 2.36. The van der Waals surface area contributed by atoms with Gasteiger partial charge in [0.1, 0.15) is 11.5 Å². The molecule has 1 amide bonds. The van der Waals surface area contributed by atoms with Crippen molar-refractivity contribution in [1.29, 1.82) is 0 Å². The number of benzene rings is 2. The van der Waals surface area contributed by atoms with Crippen molar-refractivity contribution in [2.45, 2.75) is 6.42 Å². The van der Waals surface area contributed by atoms with Gasteiger partial charge in [0.2, 0.25) is 5.91 Å². The topological polar surface area (TPSA) is 72.9 Å². The highest BCUT2D eigenvalue weighted by Crippen LogP contribution is 2.28. The second-order valence-corrected chi connectivity index (χ2v) is 5.68. The number of methoxy groups -OCH3 is 1. The molecule has 3 rings (SSSR count). The summed E-state index contributed by atoms with van der Waals surface area (Å²) >= 11 is 0. The highest BCUT2D eigenvalue weighted by atomic mass is 16.5. The van der Waals surface area contributed by atoms with E-state index in [1.807, 2.05) is 0 Å². The minimum absolute atomic E-state index is 0.0775. The molecule has 0 aliphatic carbocycles. The average molecular weight is 339 g/mol. The molecule has 0 bridgehead atoms. The van der Waals surface area contributed by atoms with Crippen LogP contribution in [-0.2, 0) is 9.59 Å². The van der Waals surface area contributed by atoms with E-state index in [9.17, 15) is 14.4 Å². The average Bonchev–Trinajstić information content (AvgIpc) is 3.04. The monoisotopic (exact) mass is 339 g/mol. The minimum atomic E-state index is -0.575.